The second kappa shape index (κ2) is 4.72. The van der Waals surface area contributed by atoms with Gasteiger partial charge in [-0.25, -0.2) is 0 Å². The molecule has 0 aliphatic rings. The summed E-state index contributed by atoms with van der Waals surface area (Å²) in [6.07, 6.45) is 0.915. The fraction of sp³-hybridized carbons (Fsp3) is 0.300. The molecule has 6 heteroatoms. The van der Waals surface area contributed by atoms with Gasteiger partial charge in [0.1, 0.15) is 11.8 Å². The van der Waals surface area contributed by atoms with Gasteiger partial charge in [-0.1, -0.05) is 0 Å². The SMILES string of the molecule is COc1cnn(C)c1C(O)c1csc(I)c1. The van der Waals surface area contributed by atoms with Gasteiger partial charge in [0.25, 0.3) is 0 Å². The van der Waals surface area contributed by atoms with Crippen LogP contribution in [0.2, 0.25) is 0 Å². The Labute approximate surface area is 111 Å². The predicted octanol–water partition coefficient (Wildman–Crippen LogP) is 2.18. The maximum Gasteiger partial charge on any atom is 0.162 e. The standard InChI is InChI=1S/C10H11IN2O2S/c1-13-9(7(15-2)4-12-13)10(14)6-3-8(11)16-5-6/h3-5,10,14H,1-2H3. The monoisotopic (exact) mass is 350 g/mol. The quantitative estimate of drug-likeness (QED) is 0.864. The molecule has 0 aromatic carbocycles. The second-order valence-corrected chi connectivity index (χ2v) is 6.11. The number of aliphatic hydroxyl groups is 1. The average molecular weight is 350 g/mol. The molecule has 2 aromatic rings. The van der Waals surface area contributed by atoms with Crippen LogP contribution in [0, 0.1) is 2.88 Å². The Morgan fingerprint density at radius 3 is 2.94 bits per heavy atom. The Morgan fingerprint density at radius 1 is 1.62 bits per heavy atom. The molecule has 0 bridgehead atoms. The van der Waals surface area contributed by atoms with Crippen molar-refractivity contribution in [3.05, 3.63) is 31.8 Å². The van der Waals surface area contributed by atoms with E-state index in [2.05, 4.69) is 27.7 Å². The van der Waals surface area contributed by atoms with Gasteiger partial charge in [0.05, 0.1) is 16.2 Å². The normalized spacial score (nSPS) is 12.8. The molecule has 0 aliphatic heterocycles. The summed E-state index contributed by atoms with van der Waals surface area (Å²) < 4.78 is 7.95. The number of hydrogen-bond acceptors (Lipinski definition) is 4. The first-order valence-corrected chi connectivity index (χ1v) is 6.57. The summed E-state index contributed by atoms with van der Waals surface area (Å²) in [6.45, 7) is 0. The molecule has 0 fully saturated rings. The van der Waals surface area contributed by atoms with Gasteiger partial charge >= 0.3 is 0 Å². The van der Waals surface area contributed by atoms with Crippen LogP contribution in [-0.2, 0) is 7.05 Å². The zero-order chi connectivity index (χ0) is 11.7. The first-order valence-electron chi connectivity index (χ1n) is 4.61. The lowest BCUT2D eigenvalue weighted by molar-refractivity contribution is 0.205. The Balaban J connectivity index is 2.40. The van der Waals surface area contributed by atoms with Gasteiger partial charge in [0.2, 0.25) is 0 Å². The first-order chi connectivity index (χ1) is 7.63. The van der Waals surface area contributed by atoms with Crippen LogP contribution < -0.4 is 4.74 Å². The Hall–Kier alpha value is -0.600. The zero-order valence-corrected chi connectivity index (χ0v) is 11.8. The number of aromatic nitrogens is 2. The average Bonchev–Trinajstić information content (AvgIpc) is 2.83. The van der Waals surface area contributed by atoms with E-state index in [1.54, 1.807) is 36.4 Å². The maximum absolute atomic E-state index is 10.2. The van der Waals surface area contributed by atoms with Crippen LogP contribution in [0.1, 0.15) is 17.4 Å². The number of ether oxygens (including phenoxy) is 1. The molecule has 4 nitrogen and oxygen atoms in total. The fourth-order valence-corrected chi connectivity index (χ4v) is 2.91. The Kier molecular flexibility index (Phi) is 3.50. The van der Waals surface area contributed by atoms with E-state index < -0.39 is 6.10 Å². The summed E-state index contributed by atoms with van der Waals surface area (Å²) in [4.78, 5) is 0. The number of aliphatic hydroxyl groups excluding tert-OH is 1. The lowest BCUT2D eigenvalue weighted by atomic mass is 10.1. The summed E-state index contributed by atoms with van der Waals surface area (Å²) in [6, 6.07) is 1.96. The number of methoxy groups -OCH3 is 1. The van der Waals surface area contributed by atoms with Crippen LogP contribution >= 0.6 is 33.9 Å². The van der Waals surface area contributed by atoms with Gasteiger partial charge in [-0.3, -0.25) is 4.68 Å². The van der Waals surface area contributed by atoms with E-state index in [1.807, 2.05) is 11.4 Å². The molecule has 0 saturated carbocycles. The van der Waals surface area contributed by atoms with Crippen molar-refractivity contribution in [2.24, 2.45) is 7.05 Å². The minimum atomic E-state index is -0.692. The lowest BCUT2D eigenvalue weighted by Crippen LogP contribution is -2.07. The fourth-order valence-electron chi connectivity index (χ4n) is 1.52. The van der Waals surface area contributed by atoms with Crippen LogP contribution in [0.3, 0.4) is 0 Å². The first kappa shape index (κ1) is 11.9. The van der Waals surface area contributed by atoms with E-state index in [0.717, 1.165) is 8.45 Å². The molecule has 0 spiro atoms. The van der Waals surface area contributed by atoms with Crippen LogP contribution in [0.4, 0.5) is 0 Å². The molecule has 0 saturated heterocycles. The van der Waals surface area contributed by atoms with E-state index in [1.165, 1.54) is 0 Å². The van der Waals surface area contributed by atoms with Gasteiger partial charge in [-0.2, -0.15) is 5.10 Å². The highest BCUT2D eigenvalue weighted by Gasteiger charge is 2.20. The molecular formula is C10H11IN2O2S. The third-order valence-corrected chi connectivity index (χ3v) is 4.14. The van der Waals surface area contributed by atoms with Gasteiger partial charge < -0.3 is 9.84 Å². The molecule has 86 valence electrons. The number of hydrogen-bond donors (Lipinski definition) is 1. The van der Waals surface area contributed by atoms with Crippen molar-refractivity contribution in [2.75, 3.05) is 7.11 Å². The highest BCUT2D eigenvalue weighted by atomic mass is 127. The van der Waals surface area contributed by atoms with Gasteiger partial charge in [-0.15, -0.1) is 11.3 Å². The van der Waals surface area contributed by atoms with Crippen LogP contribution in [0.5, 0.6) is 5.75 Å². The highest BCUT2D eigenvalue weighted by Crippen LogP contribution is 2.31. The van der Waals surface area contributed by atoms with Gasteiger partial charge in [0.15, 0.2) is 5.75 Å². The van der Waals surface area contributed by atoms with E-state index in [-0.39, 0.29) is 0 Å². The van der Waals surface area contributed by atoms with Crippen molar-refractivity contribution in [1.82, 2.24) is 9.78 Å². The second-order valence-electron chi connectivity index (χ2n) is 3.31. The van der Waals surface area contributed by atoms with E-state index in [4.69, 9.17) is 4.74 Å². The molecule has 16 heavy (non-hydrogen) atoms. The van der Waals surface area contributed by atoms with Crippen LogP contribution in [0.15, 0.2) is 17.6 Å². The molecule has 0 aliphatic carbocycles. The molecule has 1 atom stereocenters. The van der Waals surface area contributed by atoms with Crippen LogP contribution in [-0.4, -0.2) is 22.0 Å². The van der Waals surface area contributed by atoms with Crippen molar-refractivity contribution in [2.45, 2.75) is 6.10 Å². The topological polar surface area (TPSA) is 47.3 Å². The summed E-state index contributed by atoms with van der Waals surface area (Å²) in [5.41, 5.74) is 1.55. The Morgan fingerprint density at radius 2 is 2.38 bits per heavy atom. The number of rotatable bonds is 3. The summed E-state index contributed by atoms with van der Waals surface area (Å²) in [5, 5.41) is 16.3. The van der Waals surface area contributed by atoms with E-state index in [0.29, 0.717) is 11.4 Å². The summed E-state index contributed by atoms with van der Waals surface area (Å²) in [5.74, 6) is 0.608. The number of halogens is 1. The number of thiophene rings is 1. The molecule has 1 unspecified atom stereocenters. The number of nitrogens with zero attached hydrogens (tertiary/aromatic N) is 2. The molecule has 2 heterocycles. The van der Waals surface area contributed by atoms with E-state index in [9.17, 15) is 5.11 Å². The van der Waals surface area contributed by atoms with Crippen molar-refractivity contribution in [1.29, 1.82) is 0 Å². The molecule has 0 amide bonds. The van der Waals surface area contributed by atoms with E-state index >= 15 is 0 Å². The molecule has 1 N–H and O–H groups in total. The highest BCUT2D eigenvalue weighted by molar-refractivity contribution is 14.1. The Bertz CT molecular complexity index is 495. The molecule has 2 aromatic heterocycles. The third kappa shape index (κ3) is 2.09. The van der Waals surface area contributed by atoms with Crippen LogP contribution in [0.25, 0.3) is 0 Å². The van der Waals surface area contributed by atoms with Crippen molar-refractivity contribution in [3.63, 3.8) is 0 Å². The lowest BCUT2D eigenvalue weighted by Gasteiger charge is -2.11. The smallest absolute Gasteiger partial charge is 0.162 e. The van der Waals surface area contributed by atoms with Gasteiger partial charge in [0, 0.05) is 7.05 Å². The minimum absolute atomic E-state index is 0.608. The molecule has 0 radical (unpaired) electrons. The molecule has 2 rings (SSSR count). The summed E-state index contributed by atoms with van der Waals surface area (Å²) >= 11 is 3.84. The van der Waals surface area contributed by atoms with Crippen molar-refractivity contribution >= 4 is 33.9 Å². The third-order valence-electron chi connectivity index (χ3n) is 2.33. The van der Waals surface area contributed by atoms with Gasteiger partial charge in [-0.05, 0) is 39.6 Å². The largest absolute Gasteiger partial charge is 0.493 e. The summed E-state index contributed by atoms with van der Waals surface area (Å²) in [7, 11) is 3.36. The maximum atomic E-state index is 10.2. The molecular weight excluding hydrogens is 339 g/mol. The predicted molar refractivity (Wildman–Crippen MR) is 70.9 cm³/mol. The number of aryl methyl sites for hydroxylation is 1. The zero-order valence-electron chi connectivity index (χ0n) is 8.85. The van der Waals surface area contributed by atoms with Crippen molar-refractivity contribution in [3.8, 4) is 5.75 Å². The minimum Gasteiger partial charge on any atom is -0.493 e. The van der Waals surface area contributed by atoms with Crippen molar-refractivity contribution < 1.29 is 9.84 Å².